The molecular weight excluding hydrogens is 362 g/mol. The van der Waals surface area contributed by atoms with E-state index in [1.54, 1.807) is 0 Å². The standard InChI is InChI=1S/C9H18I2/c1-9(11)7-5-3-2-4-6-8-10/h9H,2-8H2,1H3. The second-order valence-corrected chi connectivity index (χ2v) is 6.23. The third-order valence-corrected chi connectivity index (χ3v) is 3.12. The molecule has 2 heteroatoms. The number of unbranched alkanes of at least 4 members (excludes halogenated alkanes) is 4. The van der Waals surface area contributed by atoms with Crippen LogP contribution >= 0.6 is 45.2 Å². The van der Waals surface area contributed by atoms with Crippen molar-refractivity contribution in [1.29, 1.82) is 0 Å². The van der Waals surface area contributed by atoms with E-state index < -0.39 is 0 Å². The van der Waals surface area contributed by atoms with E-state index in [9.17, 15) is 0 Å². The predicted molar refractivity (Wildman–Crippen MR) is 70.1 cm³/mol. The highest BCUT2D eigenvalue weighted by atomic mass is 127. The molecule has 11 heavy (non-hydrogen) atoms. The van der Waals surface area contributed by atoms with Gasteiger partial charge in [-0.2, -0.15) is 0 Å². The summed E-state index contributed by atoms with van der Waals surface area (Å²) >= 11 is 4.97. The molecule has 0 saturated heterocycles. The number of hydrogen-bond acceptors (Lipinski definition) is 0. The predicted octanol–water partition coefficient (Wildman–Crippen LogP) is 4.59. The first-order chi connectivity index (χ1) is 5.27. The van der Waals surface area contributed by atoms with Crippen molar-refractivity contribution in [2.45, 2.75) is 49.4 Å². The summed E-state index contributed by atoms with van der Waals surface area (Å²) in [5, 5.41) is 0. The van der Waals surface area contributed by atoms with Crippen molar-refractivity contribution in [1.82, 2.24) is 0 Å². The number of rotatable bonds is 7. The lowest BCUT2D eigenvalue weighted by Crippen LogP contribution is -1.89. The van der Waals surface area contributed by atoms with Crippen LogP contribution in [0.5, 0.6) is 0 Å². The second-order valence-electron chi connectivity index (χ2n) is 3.03. The maximum atomic E-state index is 2.51. The number of alkyl halides is 2. The summed E-state index contributed by atoms with van der Waals surface area (Å²) in [6.45, 7) is 2.30. The van der Waals surface area contributed by atoms with Gasteiger partial charge in [-0.1, -0.05) is 77.8 Å². The van der Waals surface area contributed by atoms with Crippen LogP contribution in [0.15, 0.2) is 0 Å². The van der Waals surface area contributed by atoms with Crippen molar-refractivity contribution in [2.75, 3.05) is 4.43 Å². The van der Waals surface area contributed by atoms with Gasteiger partial charge < -0.3 is 0 Å². The van der Waals surface area contributed by atoms with Crippen molar-refractivity contribution in [3.05, 3.63) is 0 Å². The van der Waals surface area contributed by atoms with Crippen molar-refractivity contribution >= 4 is 45.2 Å². The molecule has 0 aliphatic carbocycles. The Morgan fingerprint density at radius 2 is 1.55 bits per heavy atom. The lowest BCUT2D eigenvalue weighted by molar-refractivity contribution is 0.614. The molecule has 0 amide bonds. The normalized spacial score (nSPS) is 13.4. The van der Waals surface area contributed by atoms with Crippen molar-refractivity contribution in [3.8, 4) is 0 Å². The van der Waals surface area contributed by atoms with Crippen LogP contribution in [0.2, 0.25) is 0 Å². The monoisotopic (exact) mass is 380 g/mol. The molecule has 0 bridgehead atoms. The maximum absolute atomic E-state index is 2.51. The van der Waals surface area contributed by atoms with Gasteiger partial charge in [-0.25, -0.2) is 0 Å². The van der Waals surface area contributed by atoms with Gasteiger partial charge in [-0.05, 0) is 17.3 Å². The first kappa shape index (κ1) is 12.5. The van der Waals surface area contributed by atoms with Crippen LogP contribution in [0, 0.1) is 0 Å². The van der Waals surface area contributed by atoms with Gasteiger partial charge in [0.05, 0.1) is 0 Å². The van der Waals surface area contributed by atoms with Gasteiger partial charge in [-0.15, -0.1) is 0 Å². The third-order valence-electron chi connectivity index (χ3n) is 1.74. The Bertz CT molecular complexity index is 72.0. The van der Waals surface area contributed by atoms with Gasteiger partial charge >= 0.3 is 0 Å². The van der Waals surface area contributed by atoms with Gasteiger partial charge in [0.25, 0.3) is 0 Å². The fourth-order valence-corrected chi connectivity index (χ4v) is 2.03. The van der Waals surface area contributed by atoms with Crippen molar-refractivity contribution < 1.29 is 0 Å². The van der Waals surface area contributed by atoms with Gasteiger partial charge in [0, 0.05) is 3.92 Å². The second kappa shape index (κ2) is 9.55. The molecule has 0 radical (unpaired) electrons. The van der Waals surface area contributed by atoms with Crippen LogP contribution in [0.25, 0.3) is 0 Å². The summed E-state index contributed by atoms with van der Waals surface area (Å²) in [4.78, 5) is 0. The van der Waals surface area contributed by atoms with E-state index in [0.717, 1.165) is 3.92 Å². The molecule has 0 nitrogen and oxygen atoms in total. The fourth-order valence-electron chi connectivity index (χ4n) is 1.05. The molecule has 0 aromatic carbocycles. The first-order valence-corrected chi connectivity index (χ1v) is 7.24. The minimum absolute atomic E-state index is 0.872. The molecule has 0 heterocycles. The lowest BCUT2D eigenvalue weighted by Gasteiger charge is -2.01. The van der Waals surface area contributed by atoms with E-state index in [-0.39, 0.29) is 0 Å². The summed E-state index contributed by atoms with van der Waals surface area (Å²) in [7, 11) is 0. The van der Waals surface area contributed by atoms with E-state index in [0.29, 0.717) is 0 Å². The Hall–Kier alpha value is 1.46. The zero-order valence-corrected chi connectivity index (χ0v) is 11.6. The molecule has 0 aromatic heterocycles. The van der Waals surface area contributed by atoms with Crippen LogP contribution < -0.4 is 0 Å². The summed E-state index contributed by atoms with van der Waals surface area (Å²) in [5.41, 5.74) is 0. The topological polar surface area (TPSA) is 0 Å². The average Bonchev–Trinajstić information content (AvgIpc) is 1.96. The quantitative estimate of drug-likeness (QED) is 0.345. The number of hydrogen-bond donors (Lipinski definition) is 0. The Balaban J connectivity index is 2.80. The Morgan fingerprint density at radius 3 is 2.09 bits per heavy atom. The highest BCUT2D eigenvalue weighted by molar-refractivity contribution is 14.1. The first-order valence-electron chi connectivity index (χ1n) is 4.47. The van der Waals surface area contributed by atoms with Crippen LogP contribution in [-0.2, 0) is 0 Å². The van der Waals surface area contributed by atoms with E-state index in [1.807, 2.05) is 0 Å². The highest BCUT2D eigenvalue weighted by Crippen LogP contribution is 2.12. The van der Waals surface area contributed by atoms with Crippen molar-refractivity contribution in [2.24, 2.45) is 0 Å². The molecule has 0 aliphatic rings. The molecule has 0 aliphatic heterocycles. The molecule has 0 spiro atoms. The fraction of sp³-hybridized carbons (Fsp3) is 1.00. The molecular formula is C9H18I2. The molecule has 0 saturated carbocycles. The van der Waals surface area contributed by atoms with Gasteiger partial charge in [-0.3, -0.25) is 0 Å². The summed E-state index contributed by atoms with van der Waals surface area (Å²) in [5.74, 6) is 0. The van der Waals surface area contributed by atoms with E-state index in [4.69, 9.17) is 0 Å². The molecule has 0 N–H and O–H groups in total. The Kier molecular flexibility index (Phi) is 10.8. The zero-order valence-electron chi connectivity index (χ0n) is 7.28. The molecule has 0 fully saturated rings. The molecule has 68 valence electrons. The Morgan fingerprint density at radius 1 is 1.00 bits per heavy atom. The number of halogens is 2. The molecule has 0 aromatic rings. The van der Waals surface area contributed by atoms with Gasteiger partial charge in [0.2, 0.25) is 0 Å². The SMILES string of the molecule is CC(I)CCCCCCCI. The van der Waals surface area contributed by atoms with E-state index in [1.165, 1.54) is 43.0 Å². The van der Waals surface area contributed by atoms with Gasteiger partial charge in [0.1, 0.15) is 0 Å². The van der Waals surface area contributed by atoms with Crippen LogP contribution in [0.1, 0.15) is 45.4 Å². The van der Waals surface area contributed by atoms with Crippen molar-refractivity contribution in [3.63, 3.8) is 0 Å². The lowest BCUT2D eigenvalue weighted by atomic mass is 10.1. The van der Waals surface area contributed by atoms with E-state index in [2.05, 4.69) is 52.1 Å². The minimum Gasteiger partial charge on any atom is -0.0864 e. The summed E-state index contributed by atoms with van der Waals surface area (Å²) in [6.07, 6.45) is 8.60. The maximum Gasteiger partial charge on any atom is 0.00813 e. The smallest absolute Gasteiger partial charge is 0.00813 e. The van der Waals surface area contributed by atoms with Crippen LogP contribution in [0.4, 0.5) is 0 Å². The van der Waals surface area contributed by atoms with Crippen LogP contribution in [0.3, 0.4) is 0 Å². The van der Waals surface area contributed by atoms with E-state index >= 15 is 0 Å². The summed E-state index contributed by atoms with van der Waals surface area (Å²) in [6, 6.07) is 0. The minimum atomic E-state index is 0.872. The molecule has 1 atom stereocenters. The third kappa shape index (κ3) is 11.5. The molecule has 0 rings (SSSR count). The zero-order chi connectivity index (χ0) is 8.53. The van der Waals surface area contributed by atoms with Crippen LogP contribution in [-0.4, -0.2) is 8.35 Å². The Labute approximate surface area is 98.2 Å². The van der Waals surface area contributed by atoms with Gasteiger partial charge in [0.15, 0.2) is 0 Å². The molecule has 1 unspecified atom stereocenters. The largest absolute Gasteiger partial charge is 0.0864 e. The highest BCUT2D eigenvalue weighted by Gasteiger charge is 1.94. The average molecular weight is 380 g/mol. The summed E-state index contributed by atoms with van der Waals surface area (Å²) < 4.78 is 2.21.